The summed E-state index contributed by atoms with van der Waals surface area (Å²) in [6.45, 7) is 4.34. The van der Waals surface area contributed by atoms with Crippen LogP contribution < -0.4 is 20.5 Å². The van der Waals surface area contributed by atoms with Crippen molar-refractivity contribution < 1.29 is 14.3 Å². The Kier molecular flexibility index (Phi) is 6.86. The van der Waals surface area contributed by atoms with Crippen LogP contribution in [0.15, 0.2) is 23.6 Å². The Morgan fingerprint density at radius 3 is 2.75 bits per heavy atom. The van der Waals surface area contributed by atoms with Crippen LogP contribution in [0.2, 0.25) is 0 Å². The van der Waals surface area contributed by atoms with Crippen LogP contribution in [0, 0.1) is 0 Å². The number of nitrogens with two attached hydrogens (primary N) is 1. The van der Waals surface area contributed by atoms with E-state index in [0.717, 1.165) is 16.3 Å². The van der Waals surface area contributed by atoms with Crippen molar-refractivity contribution in [2.45, 2.75) is 19.4 Å². The van der Waals surface area contributed by atoms with Crippen molar-refractivity contribution in [1.82, 2.24) is 10.3 Å². The third kappa shape index (κ3) is 4.30. The SMILES string of the molecule is CC(C)(CN)NC(=O)c1csc(-c2ccc3c(c2)OCO3)n1.Cl.Cl. The number of nitrogens with zero attached hydrogens (tertiary/aromatic N) is 1. The van der Waals surface area contributed by atoms with E-state index >= 15 is 0 Å². The highest BCUT2D eigenvalue weighted by molar-refractivity contribution is 7.13. The molecule has 1 aromatic carbocycles. The van der Waals surface area contributed by atoms with E-state index in [0.29, 0.717) is 18.0 Å². The Morgan fingerprint density at radius 1 is 1.33 bits per heavy atom. The number of hydrogen-bond acceptors (Lipinski definition) is 6. The summed E-state index contributed by atoms with van der Waals surface area (Å²) in [6, 6.07) is 5.61. The molecule has 1 amide bonds. The molecule has 1 aliphatic heterocycles. The van der Waals surface area contributed by atoms with Gasteiger partial charge in [0.15, 0.2) is 11.5 Å². The molecule has 0 unspecified atom stereocenters. The summed E-state index contributed by atoms with van der Waals surface area (Å²) in [5, 5.41) is 5.36. The number of carbonyl (C=O) groups excluding carboxylic acids is 1. The molecule has 2 aromatic rings. The first-order chi connectivity index (χ1) is 10.5. The lowest BCUT2D eigenvalue weighted by Crippen LogP contribution is -2.48. The topological polar surface area (TPSA) is 86.5 Å². The van der Waals surface area contributed by atoms with Gasteiger partial charge in [0.25, 0.3) is 5.91 Å². The number of aromatic nitrogens is 1. The highest BCUT2D eigenvalue weighted by Gasteiger charge is 2.21. The van der Waals surface area contributed by atoms with Gasteiger partial charge in [0.2, 0.25) is 6.79 Å². The summed E-state index contributed by atoms with van der Waals surface area (Å²) < 4.78 is 10.6. The predicted molar refractivity (Wildman–Crippen MR) is 98.8 cm³/mol. The van der Waals surface area contributed by atoms with E-state index in [4.69, 9.17) is 15.2 Å². The van der Waals surface area contributed by atoms with Crippen LogP contribution >= 0.6 is 36.2 Å². The largest absolute Gasteiger partial charge is 0.454 e. The van der Waals surface area contributed by atoms with Crippen LogP contribution in [-0.4, -0.2) is 29.8 Å². The first kappa shape index (κ1) is 20.5. The van der Waals surface area contributed by atoms with Crippen molar-refractivity contribution in [2.24, 2.45) is 5.73 Å². The van der Waals surface area contributed by atoms with E-state index in [1.807, 2.05) is 32.0 Å². The highest BCUT2D eigenvalue weighted by Crippen LogP contribution is 2.36. The van der Waals surface area contributed by atoms with Gasteiger partial charge in [-0.3, -0.25) is 4.79 Å². The van der Waals surface area contributed by atoms with Gasteiger partial charge in [-0.2, -0.15) is 0 Å². The third-order valence-electron chi connectivity index (χ3n) is 3.32. The van der Waals surface area contributed by atoms with Crippen LogP contribution in [0.3, 0.4) is 0 Å². The first-order valence-electron chi connectivity index (χ1n) is 6.87. The summed E-state index contributed by atoms with van der Waals surface area (Å²) in [6.07, 6.45) is 0. The molecule has 24 heavy (non-hydrogen) atoms. The molecule has 0 aliphatic carbocycles. The van der Waals surface area contributed by atoms with E-state index in [-0.39, 0.29) is 37.5 Å². The number of fused-ring (bicyclic) bond motifs is 1. The second-order valence-corrected chi connectivity index (χ2v) is 6.51. The van der Waals surface area contributed by atoms with Crippen molar-refractivity contribution in [3.05, 3.63) is 29.3 Å². The number of ether oxygens (including phenoxy) is 2. The van der Waals surface area contributed by atoms with Gasteiger partial charge in [-0.15, -0.1) is 36.2 Å². The lowest BCUT2D eigenvalue weighted by Gasteiger charge is -2.23. The molecule has 0 bridgehead atoms. The second-order valence-electron chi connectivity index (χ2n) is 5.65. The first-order valence-corrected chi connectivity index (χ1v) is 7.74. The normalized spacial score (nSPS) is 12.1. The molecule has 9 heteroatoms. The molecular formula is C15H19Cl2N3O3S. The van der Waals surface area contributed by atoms with Gasteiger partial charge in [0.1, 0.15) is 10.7 Å². The minimum atomic E-state index is -0.459. The van der Waals surface area contributed by atoms with Crippen LogP contribution in [0.5, 0.6) is 11.5 Å². The Bertz CT molecular complexity index is 722. The molecule has 3 N–H and O–H groups in total. The fraction of sp³-hybridized carbons (Fsp3) is 0.333. The molecule has 0 radical (unpaired) electrons. The number of thiazole rings is 1. The van der Waals surface area contributed by atoms with E-state index < -0.39 is 5.54 Å². The summed E-state index contributed by atoms with van der Waals surface area (Å²) >= 11 is 1.41. The number of benzene rings is 1. The van der Waals surface area contributed by atoms with Gasteiger partial charge in [0, 0.05) is 23.0 Å². The maximum absolute atomic E-state index is 12.2. The fourth-order valence-electron chi connectivity index (χ4n) is 1.96. The summed E-state index contributed by atoms with van der Waals surface area (Å²) in [4.78, 5) is 16.6. The van der Waals surface area contributed by atoms with Gasteiger partial charge in [-0.1, -0.05) is 0 Å². The van der Waals surface area contributed by atoms with Gasteiger partial charge < -0.3 is 20.5 Å². The summed E-state index contributed by atoms with van der Waals surface area (Å²) in [7, 11) is 0. The van der Waals surface area contributed by atoms with Crippen LogP contribution in [0.4, 0.5) is 0 Å². The second kappa shape index (κ2) is 8.02. The number of amides is 1. The van der Waals surface area contributed by atoms with Gasteiger partial charge in [-0.25, -0.2) is 4.98 Å². The van der Waals surface area contributed by atoms with Crippen LogP contribution in [0.1, 0.15) is 24.3 Å². The van der Waals surface area contributed by atoms with Crippen LogP contribution in [0.25, 0.3) is 10.6 Å². The highest BCUT2D eigenvalue weighted by atomic mass is 35.5. The summed E-state index contributed by atoms with van der Waals surface area (Å²) in [5.41, 5.74) is 6.45. The standard InChI is InChI=1S/C15H17N3O3S.2ClH/c1-15(2,7-16)18-13(19)10-6-22-14(17-10)9-3-4-11-12(5-9)21-8-20-11;;/h3-6H,7-8,16H2,1-2H3,(H,18,19);2*1H. The molecule has 0 saturated heterocycles. The molecule has 2 heterocycles. The predicted octanol–water partition coefficient (Wildman–Crippen LogP) is 2.85. The van der Waals surface area contributed by atoms with E-state index in [2.05, 4.69) is 10.3 Å². The zero-order valence-corrected chi connectivity index (χ0v) is 15.6. The van der Waals surface area contributed by atoms with E-state index in [1.165, 1.54) is 11.3 Å². The fourth-order valence-corrected chi connectivity index (χ4v) is 2.76. The van der Waals surface area contributed by atoms with Gasteiger partial charge in [0.05, 0.1) is 0 Å². The smallest absolute Gasteiger partial charge is 0.271 e. The molecule has 0 spiro atoms. The Morgan fingerprint density at radius 2 is 2.04 bits per heavy atom. The minimum Gasteiger partial charge on any atom is -0.454 e. The van der Waals surface area contributed by atoms with Crippen LogP contribution in [-0.2, 0) is 0 Å². The molecule has 1 aromatic heterocycles. The van der Waals surface area contributed by atoms with E-state index in [9.17, 15) is 4.79 Å². The Balaban J connectivity index is 0.00000144. The van der Waals surface area contributed by atoms with Crippen molar-refractivity contribution in [1.29, 1.82) is 0 Å². The average Bonchev–Trinajstić information content (AvgIpc) is 3.15. The van der Waals surface area contributed by atoms with Gasteiger partial charge >= 0.3 is 0 Å². The lowest BCUT2D eigenvalue weighted by atomic mass is 10.1. The van der Waals surface area contributed by atoms with E-state index in [1.54, 1.807) is 5.38 Å². The minimum absolute atomic E-state index is 0. The molecule has 1 aliphatic rings. The molecule has 3 rings (SSSR count). The monoisotopic (exact) mass is 391 g/mol. The zero-order valence-electron chi connectivity index (χ0n) is 13.2. The van der Waals surface area contributed by atoms with Crippen molar-refractivity contribution in [3.63, 3.8) is 0 Å². The molecule has 132 valence electrons. The molecule has 0 saturated carbocycles. The maximum Gasteiger partial charge on any atom is 0.271 e. The lowest BCUT2D eigenvalue weighted by molar-refractivity contribution is 0.0911. The average molecular weight is 392 g/mol. The van der Waals surface area contributed by atoms with Crippen molar-refractivity contribution >= 4 is 42.1 Å². The number of hydrogen-bond donors (Lipinski definition) is 2. The number of nitrogens with one attached hydrogen (secondary N) is 1. The van der Waals surface area contributed by atoms with Crippen molar-refractivity contribution in [2.75, 3.05) is 13.3 Å². The Hall–Kier alpha value is -1.54. The summed E-state index contributed by atoms with van der Waals surface area (Å²) in [5.74, 6) is 1.20. The molecular weight excluding hydrogens is 373 g/mol. The number of carbonyl (C=O) groups is 1. The maximum atomic E-state index is 12.2. The Labute approximate surface area is 156 Å². The number of rotatable bonds is 4. The quantitative estimate of drug-likeness (QED) is 0.836. The molecule has 0 fully saturated rings. The van der Waals surface area contributed by atoms with Gasteiger partial charge in [-0.05, 0) is 32.0 Å². The molecule has 0 atom stereocenters. The molecule has 6 nitrogen and oxygen atoms in total. The van der Waals surface area contributed by atoms with Crippen molar-refractivity contribution in [3.8, 4) is 22.1 Å². The number of halogens is 2. The third-order valence-corrected chi connectivity index (χ3v) is 4.21. The zero-order chi connectivity index (χ0) is 15.7.